The normalized spacial score (nSPS) is 12.4. The fraction of sp³-hybridized carbons (Fsp3) is 0.357. The molecule has 0 fully saturated rings. The number of aromatic nitrogens is 7. The van der Waals surface area contributed by atoms with Crippen molar-refractivity contribution in [1.82, 2.24) is 35.0 Å². The molecule has 0 radical (unpaired) electrons. The van der Waals surface area contributed by atoms with E-state index in [1.165, 1.54) is 11.8 Å². The maximum Gasteiger partial charge on any atom is 0.343 e. The van der Waals surface area contributed by atoms with E-state index in [1.54, 1.807) is 9.25 Å². The first-order chi connectivity index (χ1) is 11.2. The number of benzene rings is 1. The molecule has 8 nitrogen and oxygen atoms in total. The van der Waals surface area contributed by atoms with E-state index in [2.05, 4.69) is 25.7 Å². The SMILES string of the molecule is CCCn1c(S[C@@H](C)c2nnnn2-c2ccccc2)n[nH]c1=O. The number of H-pyrrole nitrogens is 1. The summed E-state index contributed by atoms with van der Waals surface area (Å²) in [6.07, 6.45) is 0.864. The molecule has 0 bridgehead atoms. The largest absolute Gasteiger partial charge is 0.343 e. The first-order valence-electron chi connectivity index (χ1n) is 7.36. The average Bonchev–Trinajstić information content (AvgIpc) is 3.18. The zero-order valence-electron chi connectivity index (χ0n) is 12.9. The van der Waals surface area contributed by atoms with Crippen LogP contribution in [-0.2, 0) is 6.54 Å². The number of hydrogen-bond donors (Lipinski definition) is 1. The molecule has 0 spiro atoms. The molecule has 0 unspecified atom stereocenters. The van der Waals surface area contributed by atoms with Crippen molar-refractivity contribution in [2.45, 2.75) is 37.2 Å². The van der Waals surface area contributed by atoms with E-state index in [0.717, 1.165) is 12.1 Å². The summed E-state index contributed by atoms with van der Waals surface area (Å²) in [4.78, 5) is 11.8. The Balaban J connectivity index is 1.87. The average molecular weight is 331 g/mol. The van der Waals surface area contributed by atoms with Crippen LogP contribution in [0.25, 0.3) is 5.69 Å². The molecule has 3 rings (SSSR count). The molecule has 2 heterocycles. The maximum absolute atomic E-state index is 11.8. The number of nitrogens with one attached hydrogen (secondary N) is 1. The van der Waals surface area contributed by atoms with Gasteiger partial charge < -0.3 is 0 Å². The summed E-state index contributed by atoms with van der Waals surface area (Å²) in [5.41, 5.74) is 0.706. The number of rotatable bonds is 6. The molecule has 0 amide bonds. The Morgan fingerprint density at radius 3 is 2.83 bits per heavy atom. The molecule has 0 saturated carbocycles. The molecule has 0 aliphatic rings. The molecule has 120 valence electrons. The summed E-state index contributed by atoms with van der Waals surface area (Å²) in [7, 11) is 0. The highest BCUT2D eigenvalue weighted by atomic mass is 32.2. The molecule has 0 aliphatic carbocycles. The van der Waals surface area contributed by atoms with Gasteiger partial charge in [-0.2, -0.15) is 4.68 Å². The highest BCUT2D eigenvalue weighted by Gasteiger charge is 2.20. The molecule has 1 aromatic carbocycles. The fourth-order valence-electron chi connectivity index (χ4n) is 2.23. The number of thioether (sulfide) groups is 1. The first-order valence-corrected chi connectivity index (χ1v) is 8.24. The number of para-hydroxylation sites is 1. The molecule has 3 aromatic rings. The minimum absolute atomic E-state index is 0.0592. The summed E-state index contributed by atoms with van der Waals surface area (Å²) >= 11 is 1.45. The molecule has 0 aliphatic heterocycles. The van der Waals surface area contributed by atoms with Crippen LogP contribution >= 0.6 is 11.8 Å². The Kier molecular flexibility index (Phi) is 4.56. The van der Waals surface area contributed by atoms with E-state index >= 15 is 0 Å². The van der Waals surface area contributed by atoms with Crippen molar-refractivity contribution in [3.63, 3.8) is 0 Å². The molecule has 2 aromatic heterocycles. The third-order valence-electron chi connectivity index (χ3n) is 3.31. The molecule has 0 saturated heterocycles. The molecule has 9 heteroatoms. The second kappa shape index (κ2) is 6.78. The summed E-state index contributed by atoms with van der Waals surface area (Å²) in [6.45, 7) is 4.65. The van der Waals surface area contributed by atoms with Gasteiger partial charge in [-0.3, -0.25) is 4.57 Å². The fourth-order valence-corrected chi connectivity index (χ4v) is 3.19. The standard InChI is InChI=1S/C14H17N7OS/c1-3-9-20-13(22)16-17-14(20)23-10(2)12-15-18-19-21(12)11-7-5-4-6-8-11/h4-8,10H,3,9H2,1-2H3,(H,16,22)/t10-/m0/s1. The van der Waals surface area contributed by atoms with Crippen molar-refractivity contribution in [2.24, 2.45) is 0 Å². The van der Waals surface area contributed by atoms with Gasteiger partial charge in [0.05, 0.1) is 10.9 Å². The Bertz CT molecular complexity index is 823. The van der Waals surface area contributed by atoms with E-state index in [-0.39, 0.29) is 10.9 Å². The predicted molar refractivity (Wildman–Crippen MR) is 86.6 cm³/mol. The quantitative estimate of drug-likeness (QED) is 0.692. The van der Waals surface area contributed by atoms with E-state index in [1.807, 2.05) is 44.2 Å². The van der Waals surface area contributed by atoms with E-state index in [4.69, 9.17) is 0 Å². The van der Waals surface area contributed by atoms with Gasteiger partial charge in [-0.15, -0.1) is 10.2 Å². The third kappa shape index (κ3) is 3.19. The second-order valence-corrected chi connectivity index (χ2v) is 6.32. The van der Waals surface area contributed by atoms with Gasteiger partial charge in [0.2, 0.25) is 0 Å². The number of nitrogens with zero attached hydrogens (tertiary/aromatic N) is 6. The minimum Gasteiger partial charge on any atom is -0.270 e. The summed E-state index contributed by atoms with van der Waals surface area (Å²) < 4.78 is 3.34. The van der Waals surface area contributed by atoms with Crippen molar-refractivity contribution in [3.05, 3.63) is 46.6 Å². The van der Waals surface area contributed by atoms with Crippen LogP contribution in [0, 0.1) is 0 Å². The lowest BCUT2D eigenvalue weighted by Crippen LogP contribution is -2.17. The van der Waals surface area contributed by atoms with Gasteiger partial charge in [0.25, 0.3) is 0 Å². The van der Waals surface area contributed by atoms with Gasteiger partial charge in [-0.25, -0.2) is 9.89 Å². The third-order valence-corrected chi connectivity index (χ3v) is 4.40. The molecule has 1 atom stereocenters. The van der Waals surface area contributed by atoms with Gasteiger partial charge in [0.1, 0.15) is 0 Å². The van der Waals surface area contributed by atoms with E-state index < -0.39 is 0 Å². The second-order valence-electron chi connectivity index (χ2n) is 5.01. The van der Waals surface area contributed by atoms with Crippen LogP contribution in [0.4, 0.5) is 0 Å². The van der Waals surface area contributed by atoms with E-state index in [0.29, 0.717) is 17.5 Å². The Morgan fingerprint density at radius 2 is 2.09 bits per heavy atom. The zero-order chi connectivity index (χ0) is 16.2. The first kappa shape index (κ1) is 15.5. The smallest absolute Gasteiger partial charge is 0.270 e. The number of tetrazole rings is 1. The van der Waals surface area contributed by atoms with Gasteiger partial charge in [0.15, 0.2) is 11.0 Å². The van der Waals surface area contributed by atoms with Crippen LogP contribution in [0.3, 0.4) is 0 Å². The Labute approximate surface area is 136 Å². The monoisotopic (exact) mass is 331 g/mol. The Hall–Kier alpha value is -2.42. The number of aromatic amines is 1. The lowest BCUT2D eigenvalue weighted by atomic mass is 10.3. The van der Waals surface area contributed by atoms with Crippen molar-refractivity contribution in [1.29, 1.82) is 0 Å². The Morgan fingerprint density at radius 1 is 1.30 bits per heavy atom. The molecular weight excluding hydrogens is 314 g/mol. The lowest BCUT2D eigenvalue weighted by molar-refractivity contribution is 0.602. The van der Waals surface area contributed by atoms with Crippen LogP contribution in [0.15, 0.2) is 40.3 Å². The molecule has 1 N–H and O–H groups in total. The van der Waals surface area contributed by atoms with Gasteiger partial charge in [0, 0.05) is 6.54 Å². The van der Waals surface area contributed by atoms with Gasteiger partial charge in [-0.1, -0.05) is 36.9 Å². The van der Waals surface area contributed by atoms with E-state index in [9.17, 15) is 4.79 Å². The van der Waals surface area contributed by atoms with Gasteiger partial charge >= 0.3 is 5.69 Å². The number of hydrogen-bond acceptors (Lipinski definition) is 6. The highest BCUT2D eigenvalue weighted by molar-refractivity contribution is 7.99. The van der Waals surface area contributed by atoms with Crippen molar-refractivity contribution in [3.8, 4) is 5.69 Å². The lowest BCUT2D eigenvalue weighted by Gasteiger charge is -2.11. The van der Waals surface area contributed by atoms with Gasteiger partial charge in [-0.05, 0) is 35.9 Å². The maximum atomic E-state index is 11.8. The predicted octanol–water partition coefficient (Wildman–Crippen LogP) is 1.81. The molecular formula is C14H17N7OS. The molecule has 23 heavy (non-hydrogen) atoms. The minimum atomic E-state index is -0.191. The topological polar surface area (TPSA) is 94.3 Å². The van der Waals surface area contributed by atoms with Crippen LogP contribution < -0.4 is 5.69 Å². The van der Waals surface area contributed by atoms with Crippen molar-refractivity contribution in [2.75, 3.05) is 0 Å². The van der Waals surface area contributed by atoms with Crippen molar-refractivity contribution < 1.29 is 0 Å². The summed E-state index contributed by atoms with van der Waals surface area (Å²) in [5, 5.41) is 19.1. The van der Waals surface area contributed by atoms with Crippen molar-refractivity contribution >= 4 is 11.8 Å². The van der Waals surface area contributed by atoms with Crippen LogP contribution in [0.5, 0.6) is 0 Å². The summed E-state index contributed by atoms with van der Waals surface area (Å²) in [5.74, 6) is 0.708. The summed E-state index contributed by atoms with van der Waals surface area (Å²) in [6, 6.07) is 9.70. The van der Waals surface area contributed by atoms with Crippen LogP contribution in [0.2, 0.25) is 0 Å². The van der Waals surface area contributed by atoms with Crippen LogP contribution in [0.1, 0.15) is 31.3 Å². The van der Waals surface area contributed by atoms with Crippen LogP contribution in [-0.4, -0.2) is 35.0 Å². The zero-order valence-corrected chi connectivity index (χ0v) is 13.7. The highest BCUT2D eigenvalue weighted by Crippen LogP contribution is 2.32.